The van der Waals surface area contributed by atoms with E-state index in [0.717, 1.165) is 11.1 Å². The number of rotatable bonds is 5. The maximum Gasteiger partial charge on any atom is 0.311 e. The van der Waals surface area contributed by atoms with Crippen molar-refractivity contribution < 1.29 is 19.5 Å². The maximum atomic E-state index is 12.7. The minimum atomic E-state index is -0.902. The van der Waals surface area contributed by atoms with Crippen molar-refractivity contribution in [3.05, 3.63) is 35.4 Å². The largest absolute Gasteiger partial charge is 0.481 e. The average Bonchev–Trinajstić information content (AvgIpc) is 2.54. The van der Waals surface area contributed by atoms with E-state index in [1.807, 2.05) is 31.2 Å². The van der Waals surface area contributed by atoms with E-state index >= 15 is 0 Å². The number of amides is 2. The second-order valence-corrected chi connectivity index (χ2v) is 7.15. The Morgan fingerprint density at radius 2 is 1.92 bits per heavy atom. The minimum absolute atomic E-state index is 0.123. The first kappa shape index (κ1) is 19.0. The smallest absolute Gasteiger partial charge is 0.311 e. The molecule has 1 aromatic rings. The van der Waals surface area contributed by atoms with Crippen LogP contribution in [0.2, 0.25) is 0 Å². The lowest BCUT2D eigenvalue weighted by molar-refractivity contribution is -0.153. The van der Waals surface area contributed by atoms with Gasteiger partial charge in [-0.05, 0) is 32.3 Å². The third-order valence-electron chi connectivity index (χ3n) is 4.80. The van der Waals surface area contributed by atoms with Crippen molar-refractivity contribution >= 4 is 17.8 Å². The molecule has 1 aliphatic heterocycles. The monoisotopic (exact) mass is 346 g/mol. The van der Waals surface area contributed by atoms with E-state index in [4.69, 9.17) is 0 Å². The molecule has 2 rings (SSSR count). The number of hydrogen-bond donors (Lipinski definition) is 2. The van der Waals surface area contributed by atoms with Gasteiger partial charge in [0.2, 0.25) is 11.8 Å². The highest BCUT2D eigenvalue weighted by Gasteiger charge is 2.39. The molecule has 1 aliphatic rings. The molecule has 1 saturated heterocycles. The number of carbonyl (C=O) groups excluding carboxylic acids is 2. The van der Waals surface area contributed by atoms with Gasteiger partial charge in [-0.25, -0.2) is 0 Å². The van der Waals surface area contributed by atoms with E-state index in [1.54, 1.807) is 11.8 Å². The molecule has 1 fully saturated rings. The Kier molecular flexibility index (Phi) is 5.82. The lowest BCUT2D eigenvalue weighted by atomic mass is 9.82. The molecular formula is C19H26N2O4. The van der Waals surface area contributed by atoms with Crippen LogP contribution < -0.4 is 5.32 Å². The summed E-state index contributed by atoms with van der Waals surface area (Å²) in [5, 5.41) is 12.2. The van der Waals surface area contributed by atoms with Crippen molar-refractivity contribution in [1.29, 1.82) is 0 Å². The van der Waals surface area contributed by atoms with Gasteiger partial charge in [0.25, 0.3) is 0 Å². The fourth-order valence-corrected chi connectivity index (χ4v) is 3.23. The van der Waals surface area contributed by atoms with Gasteiger partial charge in [-0.15, -0.1) is 0 Å². The number of likely N-dealkylation sites (tertiary alicyclic amines) is 1. The third-order valence-corrected chi connectivity index (χ3v) is 4.80. The van der Waals surface area contributed by atoms with Crippen LogP contribution in [0.1, 0.15) is 50.3 Å². The van der Waals surface area contributed by atoms with Crippen LogP contribution in [0, 0.1) is 12.3 Å². The highest BCUT2D eigenvalue weighted by molar-refractivity contribution is 5.81. The molecule has 0 radical (unpaired) electrons. The molecule has 0 aromatic heterocycles. The number of nitrogens with zero attached hydrogens (tertiary/aromatic N) is 1. The summed E-state index contributed by atoms with van der Waals surface area (Å²) < 4.78 is 0. The van der Waals surface area contributed by atoms with Crippen LogP contribution in [0.5, 0.6) is 0 Å². The minimum Gasteiger partial charge on any atom is -0.481 e. The van der Waals surface area contributed by atoms with Gasteiger partial charge in [0.05, 0.1) is 17.9 Å². The van der Waals surface area contributed by atoms with E-state index in [9.17, 15) is 19.5 Å². The fourth-order valence-electron chi connectivity index (χ4n) is 3.23. The quantitative estimate of drug-likeness (QED) is 0.856. The lowest BCUT2D eigenvalue weighted by Gasteiger charge is -2.38. The van der Waals surface area contributed by atoms with Gasteiger partial charge < -0.3 is 15.3 Å². The van der Waals surface area contributed by atoms with Crippen LogP contribution in [-0.2, 0) is 14.4 Å². The molecule has 2 amide bonds. The number of piperidine rings is 1. The van der Waals surface area contributed by atoms with Gasteiger partial charge in [-0.3, -0.25) is 14.4 Å². The predicted octanol–water partition coefficient (Wildman–Crippen LogP) is 2.28. The summed E-state index contributed by atoms with van der Waals surface area (Å²) in [5.74, 6) is -1.21. The molecule has 0 bridgehead atoms. The van der Waals surface area contributed by atoms with E-state index < -0.39 is 17.4 Å². The van der Waals surface area contributed by atoms with Gasteiger partial charge in [0.1, 0.15) is 0 Å². The molecule has 6 heteroatoms. The van der Waals surface area contributed by atoms with Crippen LogP contribution in [0.25, 0.3) is 0 Å². The number of aliphatic carboxylic acids is 1. The topological polar surface area (TPSA) is 86.7 Å². The number of carbonyl (C=O) groups is 3. The number of aryl methyl sites for hydroxylation is 1. The summed E-state index contributed by atoms with van der Waals surface area (Å²) in [7, 11) is 0. The summed E-state index contributed by atoms with van der Waals surface area (Å²) in [6, 6.07) is 7.28. The Labute approximate surface area is 148 Å². The van der Waals surface area contributed by atoms with E-state index in [2.05, 4.69) is 5.32 Å². The second kappa shape index (κ2) is 7.68. The SMILES string of the molecule is CC(=O)NC(CC(=O)N1CCCC(C)(C(=O)O)C1)c1ccc(C)cc1. The summed E-state index contributed by atoms with van der Waals surface area (Å²) in [6.07, 6.45) is 1.36. The van der Waals surface area contributed by atoms with Crippen LogP contribution in [0.3, 0.4) is 0 Å². The summed E-state index contributed by atoms with van der Waals surface area (Å²) in [4.78, 5) is 37.3. The predicted molar refractivity (Wildman–Crippen MR) is 93.9 cm³/mol. The molecule has 2 unspecified atom stereocenters. The Bertz CT molecular complexity index is 656. The van der Waals surface area contributed by atoms with Gasteiger partial charge in [-0.1, -0.05) is 29.8 Å². The first-order chi connectivity index (χ1) is 11.7. The standard InChI is InChI=1S/C19H26N2O4/c1-13-5-7-15(8-6-13)16(20-14(2)22)11-17(23)21-10-4-9-19(3,12-21)18(24)25/h5-8,16H,4,9-12H2,1-3H3,(H,20,22)(H,24,25). The molecule has 1 heterocycles. The van der Waals surface area contributed by atoms with Crippen molar-refractivity contribution in [2.45, 2.75) is 46.1 Å². The van der Waals surface area contributed by atoms with Crippen molar-refractivity contribution in [3.8, 4) is 0 Å². The normalized spacial score (nSPS) is 21.5. The third kappa shape index (κ3) is 4.81. The Morgan fingerprint density at radius 1 is 1.28 bits per heavy atom. The fraction of sp³-hybridized carbons (Fsp3) is 0.526. The summed E-state index contributed by atoms with van der Waals surface area (Å²) in [6.45, 7) is 5.85. The summed E-state index contributed by atoms with van der Waals surface area (Å²) in [5.41, 5.74) is 1.07. The first-order valence-corrected chi connectivity index (χ1v) is 8.56. The van der Waals surface area contributed by atoms with E-state index in [-0.39, 0.29) is 24.8 Å². The molecule has 136 valence electrons. The van der Waals surface area contributed by atoms with Crippen LogP contribution in [0.15, 0.2) is 24.3 Å². The number of carboxylic acids is 1. The molecule has 0 spiro atoms. The second-order valence-electron chi connectivity index (χ2n) is 7.15. The number of carboxylic acid groups (broad SMARTS) is 1. The van der Waals surface area contributed by atoms with Crippen molar-refractivity contribution in [3.63, 3.8) is 0 Å². The zero-order valence-electron chi connectivity index (χ0n) is 15.0. The molecule has 0 aliphatic carbocycles. The molecule has 2 N–H and O–H groups in total. The van der Waals surface area contributed by atoms with Gasteiger partial charge in [0, 0.05) is 20.0 Å². The first-order valence-electron chi connectivity index (χ1n) is 8.56. The lowest BCUT2D eigenvalue weighted by Crippen LogP contribution is -2.49. The summed E-state index contributed by atoms with van der Waals surface area (Å²) >= 11 is 0. The van der Waals surface area contributed by atoms with Gasteiger partial charge >= 0.3 is 5.97 Å². The highest BCUT2D eigenvalue weighted by Crippen LogP contribution is 2.30. The maximum absolute atomic E-state index is 12.7. The molecule has 25 heavy (non-hydrogen) atoms. The van der Waals surface area contributed by atoms with Crippen LogP contribution in [0.4, 0.5) is 0 Å². The van der Waals surface area contributed by atoms with Gasteiger partial charge in [-0.2, -0.15) is 0 Å². The van der Waals surface area contributed by atoms with Gasteiger partial charge in [0.15, 0.2) is 0 Å². The van der Waals surface area contributed by atoms with E-state index in [0.29, 0.717) is 19.4 Å². The number of benzene rings is 1. The molecule has 2 atom stereocenters. The highest BCUT2D eigenvalue weighted by atomic mass is 16.4. The Balaban J connectivity index is 2.12. The zero-order chi connectivity index (χ0) is 18.6. The molecular weight excluding hydrogens is 320 g/mol. The molecule has 6 nitrogen and oxygen atoms in total. The number of hydrogen-bond acceptors (Lipinski definition) is 3. The Hall–Kier alpha value is -2.37. The molecule has 0 saturated carbocycles. The van der Waals surface area contributed by atoms with Crippen LogP contribution in [-0.4, -0.2) is 40.9 Å². The van der Waals surface area contributed by atoms with Crippen molar-refractivity contribution in [2.24, 2.45) is 5.41 Å². The van der Waals surface area contributed by atoms with Crippen molar-refractivity contribution in [1.82, 2.24) is 10.2 Å². The van der Waals surface area contributed by atoms with Crippen molar-refractivity contribution in [2.75, 3.05) is 13.1 Å². The van der Waals surface area contributed by atoms with Crippen LogP contribution >= 0.6 is 0 Å². The zero-order valence-corrected chi connectivity index (χ0v) is 15.0. The number of nitrogens with one attached hydrogen (secondary N) is 1. The molecule has 1 aromatic carbocycles. The Morgan fingerprint density at radius 3 is 2.48 bits per heavy atom. The average molecular weight is 346 g/mol. The van der Waals surface area contributed by atoms with E-state index in [1.165, 1.54) is 6.92 Å².